The number of aromatic nitrogens is 2. The van der Waals surface area contributed by atoms with Crippen LogP contribution in [0.1, 0.15) is 37.1 Å². The fourth-order valence-electron chi connectivity index (χ4n) is 2.43. The first-order valence-corrected chi connectivity index (χ1v) is 9.47. The summed E-state index contributed by atoms with van der Waals surface area (Å²) in [5, 5.41) is 12.7. The Morgan fingerprint density at radius 1 is 1.25 bits per heavy atom. The second kappa shape index (κ2) is 9.77. The fourth-order valence-corrected chi connectivity index (χ4v) is 2.43. The smallest absolute Gasteiger partial charge is 0.406 e. The van der Waals surface area contributed by atoms with Crippen molar-refractivity contribution in [2.24, 2.45) is 10.7 Å². The second-order valence-electron chi connectivity index (χ2n) is 7.39. The Kier molecular flexibility index (Phi) is 7.57. The first-order valence-electron chi connectivity index (χ1n) is 9.47. The van der Waals surface area contributed by atoms with Gasteiger partial charge in [-0.25, -0.2) is 9.97 Å². The molecule has 172 valence electrons. The summed E-state index contributed by atoms with van der Waals surface area (Å²) in [5.41, 5.74) is 5.43. The van der Waals surface area contributed by atoms with E-state index in [1.54, 1.807) is 20.8 Å². The highest BCUT2D eigenvalue weighted by atomic mass is 19.4. The predicted molar refractivity (Wildman–Crippen MR) is 114 cm³/mol. The van der Waals surface area contributed by atoms with E-state index in [4.69, 9.17) is 5.73 Å². The number of hydrogen-bond donors (Lipinski definition) is 3. The minimum atomic E-state index is -4.81. The Balaban J connectivity index is 2.50. The van der Waals surface area contributed by atoms with Gasteiger partial charge in [0.2, 0.25) is 0 Å². The average Bonchev–Trinajstić information content (AvgIpc) is 2.70. The Hall–Kier alpha value is -3.47. The summed E-state index contributed by atoms with van der Waals surface area (Å²) >= 11 is 0. The number of nitrogens with zero attached hydrogens (tertiary/aromatic N) is 3. The van der Waals surface area contributed by atoms with Gasteiger partial charge in [-0.1, -0.05) is 0 Å². The van der Waals surface area contributed by atoms with E-state index in [1.807, 2.05) is 0 Å². The van der Waals surface area contributed by atoms with Gasteiger partial charge in [0.1, 0.15) is 11.4 Å². The maximum atomic E-state index is 12.8. The fraction of sp³-hybridized carbons (Fsp3) is 0.333. The highest BCUT2D eigenvalue weighted by Gasteiger charge is 2.31. The third-order valence-corrected chi connectivity index (χ3v) is 4.46. The van der Waals surface area contributed by atoms with Gasteiger partial charge in [-0.15, -0.1) is 13.2 Å². The Morgan fingerprint density at radius 3 is 2.38 bits per heavy atom. The predicted octanol–water partition coefficient (Wildman–Crippen LogP) is 2.93. The Morgan fingerprint density at radius 2 is 1.88 bits per heavy atom. The molecule has 0 saturated carbocycles. The zero-order chi connectivity index (χ0) is 24.1. The summed E-state index contributed by atoms with van der Waals surface area (Å²) in [5.74, 6) is -0.883. The van der Waals surface area contributed by atoms with E-state index in [-0.39, 0.29) is 17.2 Å². The minimum Gasteiger partial charge on any atom is -0.406 e. The van der Waals surface area contributed by atoms with Crippen molar-refractivity contribution >= 4 is 17.7 Å². The van der Waals surface area contributed by atoms with Crippen molar-refractivity contribution in [3.8, 4) is 17.0 Å². The summed E-state index contributed by atoms with van der Waals surface area (Å²) in [6.45, 7) is 4.73. The van der Waals surface area contributed by atoms with Crippen molar-refractivity contribution in [2.75, 3.05) is 7.05 Å². The molecular formula is C21H24F3N5O3. The number of aliphatic imine (C=N–C) groups is 1. The number of carbonyl (C=O) groups is 1. The number of nitrogens with two attached hydrogens (primary N) is 1. The van der Waals surface area contributed by atoms with E-state index >= 15 is 0 Å². The third kappa shape index (κ3) is 6.77. The molecule has 1 aromatic heterocycles. The van der Waals surface area contributed by atoms with Crippen LogP contribution >= 0.6 is 0 Å². The average molecular weight is 451 g/mol. The summed E-state index contributed by atoms with van der Waals surface area (Å²) in [7, 11) is 1.52. The van der Waals surface area contributed by atoms with E-state index in [9.17, 15) is 23.1 Å². The number of aliphatic hydroxyl groups is 1. The molecule has 0 unspecified atom stereocenters. The van der Waals surface area contributed by atoms with E-state index in [0.717, 1.165) is 12.1 Å². The van der Waals surface area contributed by atoms with Gasteiger partial charge in [-0.3, -0.25) is 9.79 Å². The molecule has 11 heteroatoms. The van der Waals surface area contributed by atoms with Gasteiger partial charge in [-0.05, 0) is 51.1 Å². The maximum Gasteiger partial charge on any atom is 0.573 e. The van der Waals surface area contributed by atoms with Gasteiger partial charge in [0.05, 0.1) is 22.9 Å². The largest absolute Gasteiger partial charge is 0.573 e. The first kappa shape index (κ1) is 24.8. The van der Waals surface area contributed by atoms with E-state index in [2.05, 4.69) is 25.0 Å². The standard InChI is InChI=1S/C21H24F3N5O3/c1-12(20(2,3)31)27-19(30)17-9-16(28-18(29-17)14(10-25)11-26-4)13-5-7-15(8-6-13)32-21(22,23)24/h5-12,31H,25H2,1-4H3,(H,27,30)/t12-/m0/s1. The van der Waals surface area contributed by atoms with Crippen molar-refractivity contribution in [1.82, 2.24) is 15.3 Å². The van der Waals surface area contributed by atoms with Gasteiger partial charge in [0.15, 0.2) is 5.82 Å². The molecule has 4 N–H and O–H groups in total. The number of alkyl halides is 3. The number of benzene rings is 1. The topological polar surface area (TPSA) is 123 Å². The van der Waals surface area contributed by atoms with Crippen LogP contribution in [0, 0.1) is 0 Å². The molecule has 0 saturated heterocycles. The molecule has 8 nitrogen and oxygen atoms in total. The first-order chi connectivity index (χ1) is 14.8. The van der Waals surface area contributed by atoms with Gasteiger partial charge >= 0.3 is 6.36 Å². The van der Waals surface area contributed by atoms with Gasteiger partial charge in [0, 0.05) is 25.0 Å². The molecule has 0 bridgehead atoms. The number of rotatable bonds is 7. The number of amides is 1. The number of hydrogen-bond acceptors (Lipinski definition) is 7. The maximum absolute atomic E-state index is 12.8. The molecule has 0 spiro atoms. The van der Waals surface area contributed by atoms with Gasteiger partial charge in [-0.2, -0.15) is 0 Å². The molecule has 1 aromatic carbocycles. The Bertz CT molecular complexity index is 1010. The molecule has 1 heterocycles. The molecule has 0 radical (unpaired) electrons. The van der Waals surface area contributed by atoms with Crippen LogP contribution in [0.5, 0.6) is 5.75 Å². The number of allylic oxidation sites excluding steroid dienone is 1. The number of ether oxygens (including phenoxy) is 1. The van der Waals surface area contributed by atoms with Crippen molar-refractivity contribution in [3.05, 3.63) is 48.1 Å². The quantitative estimate of drug-likeness (QED) is 0.557. The van der Waals surface area contributed by atoms with Crippen LogP contribution in [0.4, 0.5) is 13.2 Å². The second-order valence-corrected chi connectivity index (χ2v) is 7.39. The molecule has 0 aliphatic heterocycles. The van der Waals surface area contributed by atoms with Gasteiger partial charge in [0.25, 0.3) is 5.91 Å². The van der Waals surface area contributed by atoms with Crippen LogP contribution in [0.15, 0.2) is 41.5 Å². The highest BCUT2D eigenvalue weighted by Crippen LogP contribution is 2.26. The summed E-state index contributed by atoms with van der Waals surface area (Å²) in [6.07, 6.45) is -2.19. The lowest BCUT2D eigenvalue weighted by Crippen LogP contribution is -2.47. The molecule has 0 fully saturated rings. The molecule has 1 amide bonds. The summed E-state index contributed by atoms with van der Waals surface area (Å²) in [4.78, 5) is 25.2. The van der Waals surface area contributed by atoms with Crippen molar-refractivity contribution in [3.63, 3.8) is 0 Å². The zero-order valence-corrected chi connectivity index (χ0v) is 17.9. The van der Waals surface area contributed by atoms with Gasteiger partial charge < -0.3 is 20.9 Å². The molecule has 2 rings (SSSR count). The lowest BCUT2D eigenvalue weighted by atomic mass is 10.0. The summed E-state index contributed by atoms with van der Waals surface area (Å²) in [6, 6.07) is 5.79. The van der Waals surface area contributed by atoms with Crippen LogP contribution < -0.4 is 15.8 Å². The summed E-state index contributed by atoms with van der Waals surface area (Å²) < 4.78 is 41.1. The monoisotopic (exact) mass is 451 g/mol. The van der Waals surface area contributed by atoms with Crippen molar-refractivity contribution < 1.29 is 27.8 Å². The molecular weight excluding hydrogens is 427 g/mol. The number of nitrogens with one attached hydrogen (secondary N) is 1. The van der Waals surface area contributed by atoms with E-state index in [1.165, 1.54) is 37.7 Å². The lowest BCUT2D eigenvalue weighted by Gasteiger charge is -2.26. The Labute approximate surface area is 183 Å². The normalized spacial score (nSPS) is 13.8. The SMILES string of the molecule is CN=CC(=CN)c1nc(C(=O)N[C@@H](C)C(C)(C)O)cc(-c2ccc(OC(F)(F)F)cc2)n1. The van der Waals surface area contributed by atoms with Crippen LogP contribution in [-0.4, -0.2) is 52.2 Å². The highest BCUT2D eigenvalue weighted by molar-refractivity contribution is 6.08. The van der Waals surface area contributed by atoms with Crippen molar-refractivity contribution in [2.45, 2.75) is 38.8 Å². The molecule has 2 aromatic rings. The minimum absolute atomic E-state index is 0.0272. The number of carbonyl (C=O) groups excluding carboxylic acids is 1. The van der Waals surface area contributed by atoms with Crippen LogP contribution in [0.2, 0.25) is 0 Å². The molecule has 1 atom stereocenters. The van der Waals surface area contributed by atoms with Crippen LogP contribution in [0.25, 0.3) is 16.8 Å². The van der Waals surface area contributed by atoms with Crippen LogP contribution in [0.3, 0.4) is 0 Å². The lowest BCUT2D eigenvalue weighted by molar-refractivity contribution is -0.274. The van der Waals surface area contributed by atoms with Crippen molar-refractivity contribution in [1.29, 1.82) is 0 Å². The zero-order valence-electron chi connectivity index (χ0n) is 17.9. The number of halogens is 3. The third-order valence-electron chi connectivity index (χ3n) is 4.46. The molecule has 0 aliphatic rings. The van der Waals surface area contributed by atoms with E-state index in [0.29, 0.717) is 11.1 Å². The van der Waals surface area contributed by atoms with Crippen LogP contribution in [-0.2, 0) is 0 Å². The molecule has 0 aliphatic carbocycles. The molecule has 32 heavy (non-hydrogen) atoms. The van der Waals surface area contributed by atoms with E-state index < -0.39 is 29.7 Å².